The first-order chi connectivity index (χ1) is 9.24. The minimum Gasteiger partial charge on any atom is -0.491 e. The van der Waals surface area contributed by atoms with E-state index in [1.165, 1.54) is 0 Å². The number of benzene rings is 1. The summed E-state index contributed by atoms with van der Waals surface area (Å²) in [6.45, 7) is 6.16. The van der Waals surface area contributed by atoms with E-state index in [-0.39, 0.29) is 11.9 Å². The molecule has 0 N–H and O–H groups in total. The van der Waals surface area contributed by atoms with Crippen molar-refractivity contribution in [2.24, 2.45) is 5.92 Å². The summed E-state index contributed by atoms with van der Waals surface area (Å²) >= 11 is 0. The number of fused-ring (bicyclic) bond motifs is 3. The van der Waals surface area contributed by atoms with Gasteiger partial charge in [-0.2, -0.15) is 4.39 Å². The van der Waals surface area contributed by atoms with E-state index in [1.54, 1.807) is 6.07 Å². The van der Waals surface area contributed by atoms with Crippen molar-refractivity contribution in [3.05, 3.63) is 36.2 Å². The van der Waals surface area contributed by atoms with E-state index in [4.69, 9.17) is 9.47 Å². The first kappa shape index (κ1) is 12.5. The maximum absolute atomic E-state index is 14.3. The molecule has 3 unspecified atom stereocenters. The van der Waals surface area contributed by atoms with Gasteiger partial charge in [0, 0.05) is 11.5 Å². The van der Waals surface area contributed by atoms with E-state index in [0.29, 0.717) is 29.9 Å². The predicted octanol–water partition coefficient (Wildman–Crippen LogP) is 4.06. The first-order valence-corrected chi connectivity index (χ1v) is 6.99. The lowest BCUT2D eigenvalue weighted by Crippen LogP contribution is -2.27. The Labute approximate surface area is 113 Å². The van der Waals surface area contributed by atoms with E-state index >= 15 is 0 Å². The molecular formula is C16H19FO2. The summed E-state index contributed by atoms with van der Waals surface area (Å²) in [5.41, 5.74) is 1.01. The zero-order valence-corrected chi connectivity index (χ0v) is 11.2. The second-order valence-corrected chi connectivity index (χ2v) is 5.30. The van der Waals surface area contributed by atoms with Crippen molar-refractivity contribution in [1.82, 2.24) is 0 Å². The van der Waals surface area contributed by atoms with Crippen LogP contribution in [0.4, 0.5) is 4.39 Å². The van der Waals surface area contributed by atoms with Crippen molar-refractivity contribution in [3.63, 3.8) is 0 Å². The fourth-order valence-corrected chi connectivity index (χ4v) is 3.24. The molecule has 1 saturated carbocycles. The summed E-state index contributed by atoms with van der Waals surface area (Å²) in [4.78, 5) is 0. The van der Waals surface area contributed by atoms with Crippen LogP contribution in [0.5, 0.6) is 11.5 Å². The van der Waals surface area contributed by atoms with E-state index in [0.717, 1.165) is 24.8 Å². The van der Waals surface area contributed by atoms with Crippen molar-refractivity contribution in [2.75, 3.05) is 6.61 Å². The van der Waals surface area contributed by atoms with Crippen LogP contribution in [-0.2, 0) is 0 Å². The Morgan fingerprint density at radius 2 is 2.32 bits per heavy atom. The number of hydrogen-bond acceptors (Lipinski definition) is 2. The van der Waals surface area contributed by atoms with Crippen LogP contribution in [0.3, 0.4) is 0 Å². The van der Waals surface area contributed by atoms with Crippen molar-refractivity contribution < 1.29 is 13.9 Å². The molecule has 1 aromatic carbocycles. The fraction of sp³-hybridized carbons (Fsp3) is 0.500. The molecule has 0 bridgehead atoms. The molecule has 0 spiro atoms. The highest BCUT2D eigenvalue weighted by Gasteiger charge is 2.40. The van der Waals surface area contributed by atoms with Crippen LogP contribution in [0.2, 0.25) is 0 Å². The second kappa shape index (κ2) is 4.87. The average Bonchev–Trinajstić information content (AvgIpc) is 2.80. The van der Waals surface area contributed by atoms with E-state index in [9.17, 15) is 4.39 Å². The smallest absolute Gasteiger partial charge is 0.207 e. The molecule has 2 aliphatic rings. The molecule has 0 amide bonds. The third-order valence-corrected chi connectivity index (χ3v) is 4.23. The lowest BCUT2D eigenvalue weighted by molar-refractivity contribution is 0.139. The third-order valence-electron chi connectivity index (χ3n) is 4.23. The molecule has 1 aliphatic heterocycles. The monoisotopic (exact) mass is 262 g/mol. The maximum Gasteiger partial charge on any atom is 0.207 e. The van der Waals surface area contributed by atoms with Crippen LogP contribution in [-0.4, -0.2) is 12.7 Å². The molecule has 0 saturated heterocycles. The molecule has 2 nitrogen and oxygen atoms in total. The Hall–Kier alpha value is -1.51. The van der Waals surface area contributed by atoms with Gasteiger partial charge in [-0.15, -0.1) is 6.58 Å². The summed E-state index contributed by atoms with van der Waals surface area (Å²) < 4.78 is 25.5. The zero-order valence-electron chi connectivity index (χ0n) is 11.2. The summed E-state index contributed by atoms with van der Waals surface area (Å²) in [6, 6.07) is 3.69. The Balaban J connectivity index is 1.91. The average molecular weight is 262 g/mol. The summed E-state index contributed by atoms with van der Waals surface area (Å²) in [5, 5.41) is 0. The van der Waals surface area contributed by atoms with Crippen LogP contribution in [0.1, 0.15) is 37.7 Å². The molecule has 1 fully saturated rings. The molecule has 0 aromatic heterocycles. The highest BCUT2D eigenvalue weighted by Crippen LogP contribution is 2.49. The van der Waals surface area contributed by atoms with Gasteiger partial charge in [-0.3, -0.25) is 0 Å². The van der Waals surface area contributed by atoms with Gasteiger partial charge in [0.25, 0.3) is 0 Å². The molecule has 1 aromatic rings. The molecule has 3 atom stereocenters. The van der Waals surface area contributed by atoms with E-state index in [1.807, 2.05) is 19.1 Å². The number of ether oxygens (including phenoxy) is 2. The Morgan fingerprint density at radius 3 is 3.05 bits per heavy atom. The maximum atomic E-state index is 14.3. The van der Waals surface area contributed by atoms with Crippen molar-refractivity contribution in [3.8, 4) is 11.5 Å². The molecular weight excluding hydrogens is 243 g/mol. The third kappa shape index (κ3) is 2.01. The Morgan fingerprint density at radius 1 is 1.47 bits per heavy atom. The first-order valence-electron chi connectivity index (χ1n) is 6.99. The normalized spacial score (nSPS) is 28.2. The molecule has 1 heterocycles. The second-order valence-electron chi connectivity index (χ2n) is 5.30. The minimum atomic E-state index is -0.344. The highest BCUT2D eigenvalue weighted by molar-refractivity contribution is 5.48. The van der Waals surface area contributed by atoms with Gasteiger partial charge in [-0.25, -0.2) is 0 Å². The fourth-order valence-electron chi connectivity index (χ4n) is 3.24. The van der Waals surface area contributed by atoms with Gasteiger partial charge >= 0.3 is 0 Å². The Kier molecular flexibility index (Phi) is 3.21. The number of hydrogen-bond donors (Lipinski definition) is 0. The van der Waals surface area contributed by atoms with Crippen LogP contribution in [0.25, 0.3) is 0 Å². The zero-order chi connectivity index (χ0) is 13.4. The largest absolute Gasteiger partial charge is 0.491 e. The lowest BCUT2D eigenvalue weighted by Gasteiger charge is -2.29. The molecule has 1 aliphatic carbocycles. The van der Waals surface area contributed by atoms with Crippen LogP contribution < -0.4 is 9.47 Å². The quantitative estimate of drug-likeness (QED) is 0.765. The summed E-state index contributed by atoms with van der Waals surface area (Å²) in [5.74, 6) is 1.18. The van der Waals surface area contributed by atoms with E-state index in [2.05, 4.69) is 6.58 Å². The van der Waals surface area contributed by atoms with Crippen LogP contribution in [0.15, 0.2) is 24.8 Å². The van der Waals surface area contributed by atoms with Crippen LogP contribution in [0, 0.1) is 11.7 Å². The standard InChI is InChI=1S/C16H19FO2/c1-3-10-5-6-11-12-7-8-13(18-4-2)15(17)16(12)19-14(11)9-10/h3,7-8,10-11,14H,1,4-6,9H2,2H3. The molecule has 3 heteroatoms. The van der Waals surface area contributed by atoms with Gasteiger partial charge in [0.2, 0.25) is 5.82 Å². The molecule has 19 heavy (non-hydrogen) atoms. The van der Waals surface area contributed by atoms with Crippen molar-refractivity contribution >= 4 is 0 Å². The van der Waals surface area contributed by atoms with Gasteiger partial charge < -0.3 is 9.47 Å². The summed E-state index contributed by atoms with van der Waals surface area (Å²) in [7, 11) is 0. The minimum absolute atomic E-state index is 0.0955. The molecule has 102 valence electrons. The Bertz CT molecular complexity index is 498. The summed E-state index contributed by atoms with van der Waals surface area (Å²) in [6.07, 6.45) is 5.18. The SMILES string of the molecule is C=CC1CCC2c3ccc(OCC)c(F)c3OC2C1. The van der Waals surface area contributed by atoms with Gasteiger partial charge in [-0.05, 0) is 38.2 Å². The lowest BCUT2D eigenvalue weighted by atomic mass is 9.78. The topological polar surface area (TPSA) is 18.5 Å². The highest BCUT2D eigenvalue weighted by atomic mass is 19.1. The van der Waals surface area contributed by atoms with E-state index < -0.39 is 0 Å². The van der Waals surface area contributed by atoms with Crippen molar-refractivity contribution in [2.45, 2.75) is 38.2 Å². The number of halogens is 1. The predicted molar refractivity (Wildman–Crippen MR) is 72.3 cm³/mol. The molecule has 3 rings (SSSR count). The van der Waals surface area contributed by atoms with Gasteiger partial charge in [-0.1, -0.05) is 12.1 Å². The van der Waals surface area contributed by atoms with Gasteiger partial charge in [0.1, 0.15) is 6.10 Å². The van der Waals surface area contributed by atoms with Crippen LogP contribution >= 0.6 is 0 Å². The van der Waals surface area contributed by atoms with Gasteiger partial charge in [0.15, 0.2) is 11.5 Å². The number of rotatable bonds is 3. The molecule has 0 radical (unpaired) electrons. The van der Waals surface area contributed by atoms with Crippen molar-refractivity contribution in [1.29, 1.82) is 0 Å². The van der Waals surface area contributed by atoms with Gasteiger partial charge in [0.05, 0.1) is 6.61 Å². The number of allylic oxidation sites excluding steroid dienone is 1.